The fourth-order valence-electron chi connectivity index (χ4n) is 1.14. The summed E-state index contributed by atoms with van der Waals surface area (Å²) >= 11 is 0. The van der Waals surface area contributed by atoms with E-state index in [1.165, 1.54) is 0 Å². The monoisotopic (exact) mass is 222 g/mol. The normalized spacial score (nSPS) is 11.9. The molecule has 4 heteroatoms. The Morgan fingerprint density at radius 2 is 2.06 bits per heavy atom. The molecule has 0 heterocycles. The maximum Gasteiger partial charge on any atom is 0.238 e. The Kier molecular flexibility index (Phi) is 4.79. The Bertz CT molecular complexity index is 335. The van der Waals surface area contributed by atoms with Crippen LogP contribution in [0.2, 0.25) is 0 Å². The van der Waals surface area contributed by atoms with Gasteiger partial charge >= 0.3 is 0 Å². The molecule has 4 nitrogen and oxygen atoms in total. The van der Waals surface area contributed by atoms with E-state index < -0.39 is 0 Å². The highest BCUT2D eigenvalue weighted by atomic mass is 16.5. The van der Waals surface area contributed by atoms with Gasteiger partial charge in [-0.2, -0.15) is 0 Å². The second-order valence-electron chi connectivity index (χ2n) is 3.61. The molecule has 1 amide bonds. The number of carbonyl (C=O) groups is 1. The van der Waals surface area contributed by atoms with Crippen LogP contribution in [0.3, 0.4) is 0 Å². The molecule has 0 fully saturated rings. The van der Waals surface area contributed by atoms with Gasteiger partial charge < -0.3 is 15.8 Å². The molecule has 1 rings (SSSR count). The number of anilines is 1. The zero-order valence-electron chi connectivity index (χ0n) is 9.69. The number of nitrogens with one attached hydrogen (secondary N) is 1. The van der Waals surface area contributed by atoms with E-state index in [9.17, 15) is 4.79 Å². The van der Waals surface area contributed by atoms with Crippen molar-refractivity contribution in [1.29, 1.82) is 0 Å². The Labute approximate surface area is 95.8 Å². The second-order valence-corrected chi connectivity index (χ2v) is 3.61. The summed E-state index contributed by atoms with van der Waals surface area (Å²) in [5, 5.41) is 2.67. The first-order chi connectivity index (χ1) is 7.65. The van der Waals surface area contributed by atoms with E-state index in [2.05, 4.69) is 12.2 Å². The smallest absolute Gasteiger partial charge is 0.238 e. The van der Waals surface area contributed by atoms with Crippen LogP contribution in [-0.4, -0.2) is 18.6 Å². The Hall–Kier alpha value is -1.55. The van der Waals surface area contributed by atoms with Gasteiger partial charge in [0.2, 0.25) is 5.91 Å². The molecule has 0 aliphatic carbocycles. The summed E-state index contributed by atoms with van der Waals surface area (Å²) in [7, 11) is 0. The van der Waals surface area contributed by atoms with Crippen LogP contribution in [0.4, 0.5) is 5.69 Å². The quantitative estimate of drug-likeness (QED) is 0.798. The lowest BCUT2D eigenvalue weighted by Crippen LogP contribution is -2.21. The van der Waals surface area contributed by atoms with Gasteiger partial charge in [-0.1, -0.05) is 6.92 Å². The fourth-order valence-corrected chi connectivity index (χ4v) is 1.14. The molecule has 88 valence electrons. The highest BCUT2D eigenvalue weighted by Crippen LogP contribution is 2.17. The van der Waals surface area contributed by atoms with Crippen molar-refractivity contribution in [1.82, 2.24) is 0 Å². The van der Waals surface area contributed by atoms with Gasteiger partial charge in [0.1, 0.15) is 5.75 Å². The molecule has 0 spiro atoms. The number of carbonyl (C=O) groups excluding carboxylic acids is 1. The van der Waals surface area contributed by atoms with E-state index in [1.54, 1.807) is 12.1 Å². The minimum absolute atomic E-state index is 0.00881. The third-order valence-electron chi connectivity index (χ3n) is 2.24. The lowest BCUT2D eigenvalue weighted by molar-refractivity contribution is -0.114. The largest absolute Gasteiger partial charge is 0.491 e. The van der Waals surface area contributed by atoms with Crippen molar-refractivity contribution in [3.05, 3.63) is 24.3 Å². The number of ether oxygens (including phenoxy) is 1. The molecular formula is C12H18N2O2. The summed E-state index contributed by atoms with van der Waals surface area (Å²) in [6.45, 7) is 4.08. The van der Waals surface area contributed by atoms with Gasteiger partial charge in [0.25, 0.3) is 0 Å². The Balaban J connectivity index is 2.57. The number of benzene rings is 1. The third kappa shape index (κ3) is 3.90. The van der Waals surface area contributed by atoms with E-state index in [4.69, 9.17) is 10.5 Å². The molecule has 0 bridgehead atoms. The van der Waals surface area contributed by atoms with Crippen molar-refractivity contribution in [2.75, 3.05) is 11.9 Å². The molecule has 1 atom stereocenters. The standard InChI is InChI=1S/C12H18N2O2/c1-3-9(2)16-11-6-4-10(5-7-11)14-12(15)8-13/h4-7,9H,3,8,13H2,1-2H3,(H,14,15). The van der Waals surface area contributed by atoms with Crippen LogP contribution < -0.4 is 15.8 Å². The van der Waals surface area contributed by atoms with Gasteiger partial charge in [0.15, 0.2) is 0 Å². The Morgan fingerprint density at radius 3 is 2.56 bits per heavy atom. The van der Waals surface area contributed by atoms with Crippen molar-refractivity contribution in [2.45, 2.75) is 26.4 Å². The molecule has 1 aromatic rings. The van der Waals surface area contributed by atoms with Crippen LogP contribution in [0.1, 0.15) is 20.3 Å². The number of hydrogen-bond donors (Lipinski definition) is 2. The van der Waals surface area contributed by atoms with Gasteiger partial charge in [-0.15, -0.1) is 0 Å². The molecule has 1 unspecified atom stereocenters. The van der Waals surface area contributed by atoms with Crippen LogP contribution in [0.15, 0.2) is 24.3 Å². The van der Waals surface area contributed by atoms with E-state index >= 15 is 0 Å². The average Bonchev–Trinajstić information content (AvgIpc) is 2.31. The van der Waals surface area contributed by atoms with Crippen LogP contribution in [-0.2, 0) is 4.79 Å². The topological polar surface area (TPSA) is 64.3 Å². The number of rotatable bonds is 5. The first-order valence-electron chi connectivity index (χ1n) is 5.42. The van der Waals surface area contributed by atoms with Crippen molar-refractivity contribution < 1.29 is 9.53 Å². The zero-order valence-corrected chi connectivity index (χ0v) is 9.69. The molecule has 0 saturated heterocycles. The number of hydrogen-bond acceptors (Lipinski definition) is 3. The highest BCUT2D eigenvalue weighted by Gasteiger charge is 2.02. The second kappa shape index (κ2) is 6.12. The predicted molar refractivity (Wildman–Crippen MR) is 64.5 cm³/mol. The lowest BCUT2D eigenvalue weighted by Gasteiger charge is -2.12. The van der Waals surface area contributed by atoms with Crippen LogP contribution in [0, 0.1) is 0 Å². The maximum absolute atomic E-state index is 11.0. The third-order valence-corrected chi connectivity index (χ3v) is 2.24. The van der Waals surface area contributed by atoms with Crippen LogP contribution in [0.25, 0.3) is 0 Å². The minimum Gasteiger partial charge on any atom is -0.491 e. The molecule has 1 aromatic carbocycles. The fraction of sp³-hybridized carbons (Fsp3) is 0.417. The molecule has 0 aliphatic heterocycles. The summed E-state index contributed by atoms with van der Waals surface area (Å²) in [6, 6.07) is 7.26. The Morgan fingerprint density at radius 1 is 1.44 bits per heavy atom. The SMILES string of the molecule is CCC(C)Oc1ccc(NC(=O)CN)cc1. The maximum atomic E-state index is 11.0. The van der Waals surface area contributed by atoms with Gasteiger partial charge in [0, 0.05) is 5.69 Å². The van der Waals surface area contributed by atoms with E-state index in [-0.39, 0.29) is 18.6 Å². The summed E-state index contributed by atoms with van der Waals surface area (Å²) < 4.78 is 5.61. The van der Waals surface area contributed by atoms with Gasteiger partial charge in [-0.05, 0) is 37.6 Å². The van der Waals surface area contributed by atoms with Crippen LogP contribution in [0.5, 0.6) is 5.75 Å². The van der Waals surface area contributed by atoms with Gasteiger partial charge in [0.05, 0.1) is 12.6 Å². The zero-order chi connectivity index (χ0) is 12.0. The first-order valence-corrected chi connectivity index (χ1v) is 5.42. The van der Waals surface area contributed by atoms with E-state index in [0.29, 0.717) is 0 Å². The van der Waals surface area contributed by atoms with Crippen molar-refractivity contribution in [3.63, 3.8) is 0 Å². The van der Waals surface area contributed by atoms with E-state index in [1.807, 2.05) is 19.1 Å². The lowest BCUT2D eigenvalue weighted by atomic mass is 10.3. The molecule has 0 radical (unpaired) electrons. The first kappa shape index (κ1) is 12.5. The molecular weight excluding hydrogens is 204 g/mol. The van der Waals surface area contributed by atoms with Gasteiger partial charge in [-0.3, -0.25) is 4.79 Å². The van der Waals surface area contributed by atoms with Crippen LogP contribution >= 0.6 is 0 Å². The molecule has 0 aliphatic rings. The molecule has 0 saturated carbocycles. The number of nitrogens with two attached hydrogens (primary N) is 1. The van der Waals surface area contributed by atoms with Crippen molar-refractivity contribution >= 4 is 11.6 Å². The summed E-state index contributed by atoms with van der Waals surface area (Å²) in [5.74, 6) is 0.607. The highest BCUT2D eigenvalue weighted by molar-refractivity contribution is 5.92. The number of amides is 1. The summed E-state index contributed by atoms with van der Waals surface area (Å²) in [4.78, 5) is 11.0. The van der Waals surface area contributed by atoms with Gasteiger partial charge in [-0.25, -0.2) is 0 Å². The average molecular weight is 222 g/mol. The summed E-state index contributed by atoms with van der Waals surface area (Å²) in [5.41, 5.74) is 5.93. The molecule has 16 heavy (non-hydrogen) atoms. The molecule has 3 N–H and O–H groups in total. The van der Waals surface area contributed by atoms with E-state index in [0.717, 1.165) is 17.9 Å². The predicted octanol–water partition coefficient (Wildman–Crippen LogP) is 1.76. The molecule has 0 aromatic heterocycles. The van der Waals surface area contributed by atoms with Crippen molar-refractivity contribution in [3.8, 4) is 5.75 Å². The minimum atomic E-state index is -0.199. The van der Waals surface area contributed by atoms with Crippen molar-refractivity contribution in [2.24, 2.45) is 5.73 Å². The summed E-state index contributed by atoms with van der Waals surface area (Å²) in [6.07, 6.45) is 1.16.